The van der Waals surface area contributed by atoms with Gasteiger partial charge in [-0.05, 0) is 31.2 Å². The number of carbonyl (C=O) groups excluding carboxylic acids is 1. The Kier molecular flexibility index (Phi) is 4.42. The fourth-order valence-corrected chi connectivity index (χ4v) is 2.13. The van der Waals surface area contributed by atoms with Gasteiger partial charge in [0, 0.05) is 25.4 Å². The highest BCUT2D eigenvalue weighted by atomic mass is 16.5. The smallest absolute Gasteiger partial charge is 0.258 e. The molecule has 1 aromatic carbocycles. The minimum atomic E-state index is -0.110. The molecule has 5 nitrogen and oxygen atoms in total. The van der Waals surface area contributed by atoms with Crippen molar-refractivity contribution in [1.29, 1.82) is 0 Å². The number of nitrogens with zero attached hydrogens (tertiary/aromatic N) is 2. The van der Waals surface area contributed by atoms with Gasteiger partial charge in [-0.1, -0.05) is 12.1 Å². The van der Waals surface area contributed by atoms with E-state index in [1.54, 1.807) is 38.2 Å². The Hall–Kier alpha value is -2.56. The van der Waals surface area contributed by atoms with Crippen LogP contribution in [0.5, 0.6) is 5.75 Å². The Morgan fingerprint density at radius 2 is 2.00 bits per heavy atom. The van der Waals surface area contributed by atoms with Crippen LogP contribution in [0.4, 0.5) is 11.5 Å². The maximum absolute atomic E-state index is 12.6. The molecule has 0 saturated heterocycles. The van der Waals surface area contributed by atoms with E-state index in [4.69, 9.17) is 4.74 Å². The van der Waals surface area contributed by atoms with Crippen molar-refractivity contribution in [2.75, 3.05) is 31.4 Å². The first-order valence-electron chi connectivity index (χ1n) is 6.64. The fraction of sp³-hybridized carbons (Fsp3) is 0.250. The van der Waals surface area contributed by atoms with Gasteiger partial charge >= 0.3 is 0 Å². The molecule has 0 atom stereocenters. The van der Waals surface area contributed by atoms with Crippen LogP contribution in [0, 0.1) is 6.92 Å². The van der Waals surface area contributed by atoms with Crippen LogP contribution in [-0.4, -0.2) is 32.1 Å². The van der Waals surface area contributed by atoms with E-state index >= 15 is 0 Å². The summed E-state index contributed by atoms with van der Waals surface area (Å²) in [6.07, 6.45) is 0. The monoisotopic (exact) mass is 285 g/mol. The fourth-order valence-electron chi connectivity index (χ4n) is 2.13. The van der Waals surface area contributed by atoms with Crippen molar-refractivity contribution in [2.45, 2.75) is 6.92 Å². The lowest BCUT2D eigenvalue weighted by Gasteiger charge is -2.20. The van der Waals surface area contributed by atoms with Gasteiger partial charge in [-0.15, -0.1) is 0 Å². The number of amides is 1. The molecule has 0 radical (unpaired) electrons. The first-order valence-corrected chi connectivity index (χ1v) is 6.64. The number of aryl methyl sites for hydroxylation is 1. The van der Waals surface area contributed by atoms with E-state index in [0.29, 0.717) is 17.1 Å². The number of nitrogens with one attached hydrogen (secondary N) is 1. The quantitative estimate of drug-likeness (QED) is 0.938. The van der Waals surface area contributed by atoms with Crippen molar-refractivity contribution in [2.24, 2.45) is 0 Å². The summed E-state index contributed by atoms with van der Waals surface area (Å²) in [5.74, 6) is 1.22. The SMILES string of the molecule is CNc1cc(C(=O)N(C)c2ccccc2OC)cc(C)n1. The number of hydrogen-bond donors (Lipinski definition) is 1. The number of anilines is 2. The summed E-state index contributed by atoms with van der Waals surface area (Å²) in [7, 11) is 5.10. The van der Waals surface area contributed by atoms with Crippen LogP contribution in [0.15, 0.2) is 36.4 Å². The van der Waals surface area contributed by atoms with Gasteiger partial charge in [-0.3, -0.25) is 4.79 Å². The molecule has 1 N–H and O–H groups in total. The van der Waals surface area contributed by atoms with Gasteiger partial charge in [-0.2, -0.15) is 0 Å². The van der Waals surface area contributed by atoms with E-state index in [2.05, 4.69) is 10.3 Å². The minimum Gasteiger partial charge on any atom is -0.495 e. The normalized spacial score (nSPS) is 10.1. The van der Waals surface area contributed by atoms with E-state index in [9.17, 15) is 4.79 Å². The lowest BCUT2D eigenvalue weighted by molar-refractivity contribution is 0.0992. The van der Waals surface area contributed by atoms with Crippen LogP contribution in [0.25, 0.3) is 0 Å². The first kappa shape index (κ1) is 14.8. The summed E-state index contributed by atoms with van der Waals surface area (Å²) in [5, 5.41) is 2.96. The second-order valence-corrected chi connectivity index (χ2v) is 4.67. The van der Waals surface area contributed by atoms with Crippen LogP contribution in [0.3, 0.4) is 0 Å². The number of rotatable bonds is 4. The van der Waals surface area contributed by atoms with Crippen LogP contribution in [0.1, 0.15) is 16.1 Å². The molecule has 110 valence electrons. The average Bonchev–Trinajstić information content (AvgIpc) is 2.52. The van der Waals surface area contributed by atoms with E-state index in [-0.39, 0.29) is 5.91 Å². The molecule has 1 heterocycles. The molecule has 0 saturated carbocycles. The Morgan fingerprint density at radius 3 is 2.67 bits per heavy atom. The molecule has 0 aliphatic carbocycles. The van der Waals surface area contributed by atoms with Crippen molar-refractivity contribution >= 4 is 17.4 Å². The number of carbonyl (C=O) groups is 1. The van der Waals surface area contributed by atoms with E-state index < -0.39 is 0 Å². The van der Waals surface area contributed by atoms with Gasteiger partial charge in [0.1, 0.15) is 11.6 Å². The molecule has 1 aromatic heterocycles. The Morgan fingerprint density at radius 1 is 1.29 bits per heavy atom. The van der Waals surface area contributed by atoms with Crippen molar-refractivity contribution in [3.8, 4) is 5.75 Å². The molecule has 0 spiro atoms. The maximum atomic E-state index is 12.6. The molecule has 0 aliphatic heterocycles. The number of benzene rings is 1. The zero-order chi connectivity index (χ0) is 15.4. The van der Waals surface area contributed by atoms with Gasteiger partial charge < -0.3 is 15.0 Å². The molecule has 0 fully saturated rings. The molecule has 5 heteroatoms. The zero-order valence-electron chi connectivity index (χ0n) is 12.7. The van der Waals surface area contributed by atoms with Crippen molar-refractivity contribution < 1.29 is 9.53 Å². The summed E-state index contributed by atoms with van der Waals surface area (Å²) >= 11 is 0. The van der Waals surface area contributed by atoms with E-state index in [1.807, 2.05) is 31.2 Å². The van der Waals surface area contributed by atoms with Crippen LogP contribution >= 0.6 is 0 Å². The summed E-state index contributed by atoms with van der Waals surface area (Å²) in [4.78, 5) is 18.5. The first-order chi connectivity index (χ1) is 10.1. The molecule has 21 heavy (non-hydrogen) atoms. The lowest BCUT2D eigenvalue weighted by Crippen LogP contribution is -2.27. The van der Waals surface area contributed by atoms with Crippen LogP contribution in [0.2, 0.25) is 0 Å². The third kappa shape index (κ3) is 3.13. The van der Waals surface area contributed by atoms with Crippen molar-refractivity contribution in [3.05, 3.63) is 47.7 Å². The molecular weight excluding hydrogens is 266 g/mol. The largest absolute Gasteiger partial charge is 0.495 e. The van der Waals surface area contributed by atoms with E-state index in [0.717, 1.165) is 11.4 Å². The standard InChI is InChI=1S/C16H19N3O2/c1-11-9-12(10-15(17-2)18-11)16(20)19(3)13-7-5-6-8-14(13)21-4/h5-10H,1-4H3,(H,17,18). The highest BCUT2D eigenvalue weighted by Crippen LogP contribution is 2.28. The number of para-hydroxylation sites is 2. The highest BCUT2D eigenvalue weighted by molar-refractivity contribution is 6.06. The Labute approximate surface area is 124 Å². The van der Waals surface area contributed by atoms with Gasteiger partial charge in [0.15, 0.2) is 0 Å². The number of methoxy groups -OCH3 is 1. The summed E-state index contributed by atoms with van der Waals surface area (Å²) in [6, 6.07) is 10.9. The van der Waals surface area contributed by atoms with Crippen molar-refractivity contribution in [3.63, 3.8) is 0 Å². The van der Waals surface area contributed by atoms with Crippen molar-refractivity contribution in [1.82, 2.24) is 4.98 Å². The number of pyridine rings is 1. The molecule has 0 bridgehead atoms. The van der Waals surface area contributed by atoms with E-state index in [1.165, 1.54) is 0 Å². The average molecular weight is 285 g/mol. The number of hydrogen-bond acceptors (Lipinski definition) is 4. The predicted molar refractivity (Wildman–Crippen MR) is 84.2 cm³/mol. The van der Waals surface area contributed by atoms with Gasteiger partial charge in [-0.25, -0.2) is 4.98 Å². The van der Waals surface area contributed by atoms with Gasteiger partial charge in [0.25, 0.3) is 5.91 Å². The van der Waals surface area contributed by atoms with Crippen LogP contribution < -0.4 is 15.0 Å². The topological polar surface area (TPSA) is 54.5 Å². The molecule has 0 unspecified atom stereocenters. The molecular formula is C16H19N3O2. The lowest BCUT2D eigenvalue weighted by atomic mass is 10.2. The number of ether oxygens (including phenoxy) is 1. The molecule has 2 aromatic rings. The zero-order valence-corrected chi connectivity index (χ0v) is 12.7. The number of aromatic nitrogens is 1. The Bertz CT molecular complexity index is 656. The van der Waals surface area contributed by atoms with Gasteiger partial charge in [0.05, 0.1) is 12.8 Å². The molecule has 2 rings (SSSR count). The third-order valence-electron chi connectivity index (χ3n) is 3.21. The summed E-state index contributed by atoms with van der Waals surface area (Å²) < 4.78 is 5.30. The third-order valence-corrected chi connectivity index (χ3v) is 3.21. The summed E-state index contributed by atoms with van der Waals surface area (Å²) in [6.45, 7) is 1.86. The summed E-state index contributed by atoms with van der Waals surface area (Å²) in [5.41, 5.74) is 2.10. The Balaban J connectivity index is 2.37. The van der Waals surface area contributed by atoms with Crippen LogP contribution in [-0.2, 0) is 0 Å². The molecule has 1 amide bonds. The van der Waals surface area contributed by atoms with Gasteiger partial charge in [0.2, 0.25) is 0 Å². The maximum Gasteiger partial charge on any atom is 0.258 e. The second kappa shape index (κ2) is 6.26. The molecule has 0 aliphatic rings. The second-order valence-electron chi connectivity index (χ2n) is 4.67. The predicted octanol–water partition coefficient (Wildman–Crippen LogP) is 2.72. The highest BCUT2D eigenvalue weighted by Gasteiger charge is 2.17. The minimum absolute atomic E-state index is 0.110.